The molecule has 3 aliphatic rings. The minimum Gasteiger partial charge on any atom is -0.467 e. The highest BCUT2D eigenvalue weighted by atomic mass is 16.7. The van der Waals surface area contributed by atoms with Crippen molar-refractivity contribution in [2.24, 2.45) is 17.8 Å². The van der Waals surface area contributed by atoms with E-state index in [9.17, 15) is 9.59 Å². The van der Waals surface area contributed by atoms with E-state index in [2.05, 4.69) is 18.2 Å². The quantitative estimate of drug-likeness (QED) is 0.454. The minimum atomic E-state index is -0.832. The third-order valence-corrected chi connectivity index (χ3v) is 8.06. The van der Waals surface area contributed by atoms with Gasteiger partial charge in [-0.05, 0) is 29.3 Å². The van der Waals surface area contributed by atoms with Crippen LogP contribution in [0.25, 0.3) is 0 Å². The number of carbonyl (C=O) groups excluding carboxylic acids is 2. The molecule has 0 spiro atoms. The Hall–Kier alpha value is -3.70. The minimum absolute atomic E-state index is 0.0344. The first-order chi connectivity index (χ1) is 17.5. The summed E-state index contributed by atoms with van der Waals surface area (Å²) in [7, 11) is 1.66. The molecule has 5 nitrogen and oxygen atoms in total. The summed E-state index contributed by atoms with van der Waals surface area (Å²) in [5.74, 6) is -2.00. The van der Waals surface area contributed by atoms with E-state index in [1.165, 1.54) is 4.90 Å². The van der Waals surface area contributed by atoms with Crippen molar-refractivity contribution in [3.63, 3.8) is 0 Å². The maximum absolute atomic E-state index is 14.2. The molecule has 5 heteroatoms. The van der Waals surface area contributed by atoms with Crippen LogP contribution in [-0.4, -0.2) is 24.7 Å². The van der Waals surface area contributed by atoms with Crippen LogP contribution in [0.2, 0.25) is 0 Å². The van der Waals surface area contributed by atoms with Crippen LogP contribution in [0.1, 0.15) is 36.3 Å². The van der Waals surface area contributed by atoms with Crippen molar-refractivity contribution in [1.29, 1.82) is 0 Å². The number of hydrogen-bond acceptors (Lipinski definition) is 4. The fraction of sp³-hybridized carbons (Fsp3) is 0.290. The number of fused-ring (bicyclic) bond motifs is 3. The summed E-state index contributed by atoms with van der Waals surface area (Å²) in [6.07, 6.45) is 2.66. The SMILES string of the molecule is CO[C@@]1(C)C[C@@H](c2ccccc2)[C@H]2C(=C[C@@H](c3ccccc3)[C@H]3C(=O)N(c4ccccc4)C(=O)[C@H]32)O1. The molecule has 0 N–H and O–H groups in total. The Morgan fingerprint density at radius 2 is 1.33 bits per heavy atom. The molecule has 6 rings (SSSR count). The number of benzene rings is 3. The Morgan fingerprint density at radius 1 is 0.778 bits per heavy atom. The number of anilines is 1. The number of amides is 2. The number of methoxy groups -OCH3 is 1. The number of ether oxygens (including phenoxy) is 2. The average molecular weight is 480 g/mol. The third kappa shape index (κ3) is 3.58. The van der Waals surface area contributed by atoms with Gasteiger partial charge in [0.05, 0.1) is 17.5 Å². The Morgan fingerprint density at radius 3 is 1.94 bits per heavy atom. The maximum atomic E-state index is 14.2. The van der Waals surface area contributed by atoms with Crippen molar-refractivity contribution in [1.82, 2.24) is 0 Å². The van der Waals surface area contributed by atoms with Gasteiger partial charge in [0.25, 0.3) is 0 Å². The smallest absolute Gasteiger partial charge is 0.238 e. The van der Waals surface area contributed by atoms with Crippen molar-refractivity contribution < 1.29 is 19.1 Å². The molecule has 0 saturated carbocycles. The third-order valence-electron chi connectivity index (χ3n) is 8.06. The molecule has 3 aromatic rings. The molecule has 2 fully saturated rings. The first kappa shape index (κ1) is 22.7. The van der Waals surface area contributed by atoms with E-state index in [4.69, 9.17) is 9.47 Å². The lowest BCUT2D eigenvalue weighted by Crippen LogP contribution is -2.48. The first-order valence-electron chi connectivity index (χ1n) is 12.5. The lowest BCUT2D eigenvalue weighted by atomic mass is 9.62. The second-order valence-electron chi connectivity index (χ2n) is 10.1. The maximum Gasteiger partial charge on any atom is 0.238 e. The molecule has 2 saturated heterocycles. The summed E-state index contributed by atoms with van der Waals surface area (Å²) in [4.78, 5) is 29.6. The highest BCUT2D eigenvalue weighted by Gasteiger charge is 2.61. The monoisotopic (exact) mass is 479 g/mol. The summed E-state index contributed by atoms with van der Waals surface area (Å²) >= 11 is 0. The fourth-order valence-corrected chi connectivity index (χ4v) is 6.37. The zero-order chi connectivity index (χ0) is 24.9. The number of allylic oxidation sites excluding steroid dienone is 2. The zero-order valence-corrected chi connectivity index (χ0v) is 20.4. The first-order valence-corrected chi connectivity index (χ1v) is 12.5. The van der Waals surface area contributed by atoms with Gasteiger partial charge < -0.3 is 9.47 Å². The highest BCUT2D eigenvalue weighted by Crippen LogP contribution is 2.57. The number of imide groups is 1. The van der Waals surface area contributed by atoms with Crippen molar-refractivity contribution in [2.45, 2.75) is 31.0 Å². The number of rotatable bonds is 4. The Balaban J connectivity index is 1.54. The molecule has 3 aromatic carbocycles. The second kappa shape index (κ2) is 8.75. The van der Waals surface area contributed by atoms with Gasteiger partial charge >= 0.3 is 0 Å². The van der Waals surface area contributed by atoms with Gasteiger partial charge in [-0.15, -0.1) is 0 Å². The van der Waals surface area contributed by atoms with Gasteiger partial charge in [0.15, 0.2) is 0 Å². The summed E-state index contributed by atoms with van der Waals surface area (Å²) in [6.45, 7) is 1.95. The van der Waals surface area contributed by atoms with Gasteiger partial charge in [-0.25, -0.2) is 0 Å². The Labute approximate surface area is 211 Å². The van der Waals surface area contributed by atoms with E-state index in [1.807, 2.05) is 85.8 Å². The van der Waals surface area contributed by atoms with Crippen LogP contribution in [0.15, 0.2) is 103 Å². The highest BCUT2D eigenvalue weighted by molar-refractivity contribution is 6.22. The average Bonchev–Trinajstić information content (AvgIpc) is 3.19. The van der Waals surface area contributed by atoms with Crippen LogP contribution in [0.3, 0.4) is 0 Å². The molecule has 2 aliphatic heterocycles. The fourth-order valence-electron chi connectivity index (χ4n) is 6.37. The molecule has 1 aliphatic carbocycles. The van der Waals surface area contributed by atoms with Crippen LogP contribution >= 0.6 is 0 Å². The molecule has 0 unspecified atom stereocenters. The van der Waals surface area contributed by atoms with E-state index < -0.39 is 17.6 Å². The summed E-state index contributed by atoms with van der Waals surface area (Å²) < 4.78 is 12.4. The second-order valence-corrected chi connectivity index (χ2v) is 10.1. The predicted octanol–water partition coefficient (Wildman–Crippen LogP) is 5.66. The van der Waals surface area contributed by atoms with E-state index in [1.54, 1.807) is 7.11 Å². The molecule has 36 heavy (non-hydrogen) atoms. The van der Waals surface area contributed by atoms with Crippen molar-refractivity contribution in [3.8, 4) is 0 Å². The van der Waals surface area contributed by atoms with Gasteiger partial charge in [-0.1, -0.05) is 78.9 Å². The van der Waals surface area contributed by atoms with E-state index in [-0.39, 0.29) is 29.6 Å². The van der Waals surface area contributed by atoms with Crippen LogP contribution in [0, 0.1) is 17.8 Å². The van der Waals surface area contributed by atoms with Crippen LogP contribution < -0.4 is 4.90 Å². The number of nitrogens with zero attached hydrogens (tertiary/aromatic N) is 1. The Kier molecular flexibility index (Phi) is 5.53. The van der Waals surface area contributed by atoms with Gasteiger partial charge in [-0.2, -0.15) is 0 Å². The van der Waals surface area contributed by atoms with Gasteiger partial charge in [0.1, 0.15) is 5.76 Å². The molecule has 182 valence electrons. The molecule has 0 bridgehead atoms. The molecule has 0 radical (unpaired) electrons. The number of hydrogen-bond donors (Lipinski definition) is 0. The molecular weight excluding hydrogens is 450 g/mol. The van der Waals surface area contributed by atoms with Gasteiger partial charge in [-0.3, -0.25) is 14.5 Å². The predicted molar refractivity (Wildman–Crippen MR) is 137 cm³/mol. The normalized spacial score (nSPS) is 31.3. The van der Waals surface area contributed by atoms with Crippen molar-refractivity contribution in [2.75, 3.05) is 12.0 Å². The number of para-hydroxylation sites is 1. The summed E-state index contributed by atoms with van der Waals surface area (Å²) in [5, 5.41) is 0. The van der Waals surface area contributed by atoms with Gasteiger partial charge in [0.2, 0.25) is 17.6 Å². The molecule has 6 atom stereocenters. The van der Waals surface area contributed by atoms with E-state index in [0.717, 1.165) is 16.9 Å². The molecule has 0 aromatic heterocycles. The topological polar surface area (TPSA) is 55.8 Å². The van der Waals surface area contributed by atoms with Crippen LogP contribution in [0.5, 0.6) is 0 Å². The zero-order valence-electron chi connectivity index (χ0n) is 20.4. The van der Waals surface area contributed by atoms with Crippen LogP contribution in [-0.2, 0) is 19.1 Å². The lowest BCUT2D eigenvalue weighted by Gasteiger charge is -2.48. The number of carbonyl (C=O) groups is 2. The Bertz CT molecular complexity index is 1310. The largest absolute Gasteiger partial charge is 0.467 e. The van der Waals surface area contributed by atoms with Crippen molar-refractivity contribution >= 4 is 17.5 Å². The van der Waals surface area contributed by atoms with Crippen LogP contribution in [0.4, 0.5) is 5.69 Å². The van der Waals surface area contributed by atoms with E-state index in [0.29, 0.717) is 12.1 Å². The van der Waals surface area contributed by atoms with Gasteiger partial charge in [0, 0.05) is 38.2 Å². The summed E-state index contributed by atoms with van der Waals surface area (Å²) in [6, 6.07) is 29.4. The molecule has 2 heterocycles. The molecular formula is C31H29NO4. The van der Waals surface area contributed by atoms with E-state index >= 15 is 0 Å². The van der Waals surface area contributed by atoms with Crippen molar-refractivity contribution in [3.05, 3.63) is 114 Å². The molecule has 2 amide bonds. The standard InChI is InChI=1S/C31H29NO4/c1-31(35-2)19-24(21-14-8-4-9-15-21)26-25(36-31)18-23(20-12-6-3-7-13-20)27-28(26)30(34)32(29(27)33)22-16-10-5-11-17-22/h3-18,23-24,26-28H,19H2,1-2H3/t23-,24-,26-,27+,28-,31+/m0/s1. The summed E-state index contributed by atoms with van der Waals surface area (Å²) in [5.41, 5.74) is 2.74. The lowest BCUT2D eigenvalue weighted by molar-refractivity contribution is -0.223.